The summed E-state index contributed by atoms with van der Waals surface area (Å²) in [5.74, 6) is 0.232. The number of aryl methyl sites for hydroxylation is 4. The van der Waals surface area contributed by atoms with Gasteiger partial charge in [0.15, 0.2) is 11.2 Å². The molecule has 2 N–H and O–H groups in total. The summed E-state index contributed by atoms with van der Waals surface area (Å²) < 4.78 is 3.31. The average molecular weight is 485 g/mol. The van der Waals surface area contributed by atoms with Crippen molar-refractivity contribution >= 4 is 28.4 Å². The molecule has 0 atom stereocenters. The first kappa shape index (κ1) is 25.9. The highest BCUT2D eigenvalue weighted by atomic mass is 16.6. The van der Waals surface area contributed by atoms with Gasteiger partial charge in [-0.25, -0.2) is 9.78 Å². The van der Waals surface area contributed by atoms with Gasteiger partial charge in [0, 0.05) is 43.2 Å². The molecule has 0 saturated heterocycles. The van der Waals surface area contributed by atoms with Gasteiger partial charge in [-0.05, 0) is 25.8 Å². The highest BCUT2D eigenvalue weighted by Gasteiger charge is 2.19. The van der Waals surface area contributed by atoms with E-state index in [1.165, 1.54) is 10.6 Å². The lowest BCUT2D eigenvalue weighted by Gasteiger charge is -2.09. The van der Waals surface area contributed by atoms with Gasteiger partial charge in [-0.2, -0.15) is 0 Å². The maximum absolute atomic E-state index is 12.7. The Morgan fingerprint density at radius 2 is 1.83 bits per heavy atom. The molecular weight excluding hydrogens is 452 g/mol. The summed E-state index contributed by atoms with van der Waals surface area (Å²) in [6.45, 7) is 6.74. The van der Waals surface area contributed by atoms with Gasteiger partial charge in [0.25, 0.3) is 11.2 Å². The number of nitro benzene ring substituents is 1. The zero-order valence-corrected chi connectivity index (χ0v) is 20.4. The molecule has 2 heterocycles. The first-order chi connectivity index (χ1) is 16.8. The summed E-state index contributed by atoms with van der Waals surface area (Å²) in [5.41, 5.74) is 0.505. The number of H-pyrrole nitrogens is 1. The molecule has 11 nitrogen and oxygen atoms in total. The molecule has 0 unspecified atom stereocenters. The lowest BCUT2D eigenvalue weighted by Crippen LogP contribution is -2.31. The summed E-state index contributed by atoms with van der Waals surface area (Å²) in [6.07, 6.45) is 4.78. The monoisotopic (exact) mass is 484 g/mol. The summed E-state index contributed by atoms with van der Waals surface area (Å²) in [6, 6.07) is 4.54. The van der Waals surface area contributed by atoms with Crippen molar-refractivity contribution in [3.05, 3.63) is 60.5 Å². The summed E-state index contributed by atoms with van der Waals surface area (Å²) >= 11 is 0. The molecule has 0 spiro atoms. The van der Waals surface area contributed by atoms with E-state index in [0.717, 1.165) is 32.1 Å². The molecule has 1 amide bonds. The molecular formula is C24H32N6O5. The number of nitrogens with zero attached hydrogens (tertiary/aromatic N) is 4. The minimum absolute atomic E-state index is 0.0650. The Kier molecular flexibility index (Phi) is 8.56. The van der Waals surface area contributed by atoms with Gasteiger partial charge >= 0.3 is 5.69 Å². The zero-order chi connectivity index (χ0) is 25.5. The Balaban J connectivity index is 1.88. The maximum atomic E-state index is 12.7. The SMILES string of the molecule is CCCCCn1c(CCC(=O)Nc2ccc(C)c([N+](=O)[O-])c2)nc2c1c(=O)[nH]c(=O)n2CCCC. The molecule has 3 aromatic rings. The first-order valence-electron chi connectivity index (χ1n) is 12.0. The van der Waals surface area contributed by atoms with E-state index in [-0.39, 0.29) is 24.4 Å². The molecule has 188 valence electrons. The molecule has 0 aliphatic heterocycles. The van der Waals surface area contributed by atoms with E-state index in [4.69, 9.17) is 0 Å². The van der Waals surface area contributed by atoms with Crippen LogP contribution in [0.2, 0.25) is 0 Å². The molecule has 3 rings (SSSR count). The van der Waals surface area contributed by atoms with E-state index in [9.17, 15) is 24.5 Å². The van der Waals surface area contributed by atoms with E-state index in [0.29, 0.717) is 41.3 Å². The standard InChI is InChI=1S/C24H32N6O5/c1-4-6-8-14-28-19(26-22-21(28)23(32)27-24(33)29(22)13-7-5-2)11-12-20(31)25-17-10-9-16(3)18(15-17)30(34)35/h9-10,15H,4-8,11-14H2,1-3H3,(H,25,31)(H,27,32,33). The van der Waals surface area contributed by atoms with Crippen molar-refractivity contribution in [3.8, 4) is 0 Å². The number of imidazole rings is 1. The largest absolute Gasteiger partial charge is 0.330 e. The van der Waals surface area contributed by atoms with Gasteiger partial charge in [-0.3, -0.25) is 29.3 Å². The smallest absolute Gasteiger partial charge is 0.326 e. The third kappa shape index (κ3) is 6.03. The topological polar surface area (TPSA) is 145 Å². The van der Waals surface area contributed by atoms with Gasteiger partial charge in [0.2, 0.25) is 5.91 Å². The number of amides is 1. The number of nitrogens with one attached hydrogen (secondary N) is 2. The molecule has 11 heteroatoms. The van der Waals surface area contributed by atoms with Crippen LogP contribution in [0.5, 0.6) is 0 Å². The molecule has 0 saturated carbocycles. The van der Waals surface area contributed by atoms with Gasteiger partial charge < -0.3 is 9.88 Å². The lowest BCUT2D eigenvalue weighted by molar-refractivity contribution is -0.385. The summed E-state index contributed by atoms with van der Waals surface area (Å²) in [4.78, 5) is 55.5. The Morgan fingerprint density at radius 3 is 2.51 bits per heavy atom. The van der Waals surface area contributed by atoms with Crippen molar-refractivity contribution < 1.29 is 9.72 Å². The molecule has 0 fully saturated rings. The predicted molar refractivity (Wildman–Crippen MR) is 134 cm³/mol. The molecule has 1 aromatic carbocycles. The number of aromatic amines is 1. The van der Waals surface area contributed by atoms with Gasteiger partial charge in [-0.15, -0.1) is 0 Å². The number of rotatable bonds is 12. The van der Waals surface area contributed by atoms with E-state index in [1.807, 2.05) is 11.5 Å². The highest BCUT2D eigenvalue weighted by molar-refractivity contribution is 5.91. The minimum atomic E-state index is -0.487. The number of hydrogen-bond donors (Lipinski definition) is 2. The molecule has 0 aliphatic carbocycles. The quantitative estimate of drug-likeness (QED) is 0.228. The van der Waals surface area contributed by atoms with Crippen molar-refractivity contribution in [2.75, 3.05) is 5.32 Å². The second-order valence-corrected chi connectivity index (χ2v) is 8.63. The highest BCUT2D eigenvalue weighted by Crippen LogP contribution is 2.22. The van der Waals surface area contributed by atoms with E-state index >= 15 is 0 Å². The Labute approximate surface area is 202 Å². The number of aromatic nitrogens is 4. The van der Waals surface area contributed by atoms with E-state index < -0.39 is 16.2 Å². The number of carbonyl (C=O) groups excluding carboxylic acids is 1. The van der Waals surface area contributed by atoms with Crippen LogP contribution in [0.4, 0.5) is 11.4 Å². The number of hydrogen-bond acceptors (Lipinski definition) is 6. The van der Waals surface area contributed by atoms with Crippen LogP contribution in [0.25, 0.3) is 11.2 Å². The number of unbranched alkanes of at least 4 members (excludes halogenated alkanes) is 3. The number of anilines is 1. The maximum Gasteiger partial charge on any atom is 0.330 e. The Hall–Kier alpha value is -3.76. The van der Waals surface area contributed by atoms with Crippen molar-refractivity contribution in [2.24, 2.45) is 0 Å². The fourth-order valence-electron chi connectivity index (χ4n) is 4.03. The van der Waals surface area contributed by atoms with Crippen LogP contribution in [0.1, 0.15) is 63.8 Å². The molecule has 0 bridgehead atoms. The van der Waals surface area contributed by atoms with Crippen LogP contribution in [0, 0.1) is 17.0 Å². The van der Waals surface area contributed by atoms with Crippen LogP contribution in [-0.2, 0) is 24.3 Å². The third-order valence-electron chi connectivity index (χ3n) is 5.95. The zero-order valence-electron chi connectivity index (χ0n) is 20.4. The second-order valence-electron chi connectivity index (χ2n) is 8.63. The Bertz CT molecular complexity index is 1340. The van der Waals surface area contributed by atoms with Crippen LogP contribution >= 0.6 is 0 Å². The number of nitro groups is 1. The van der Waals surface area contributed by atoms with Crippen LogP contribution < -0.4 is 16.6 Å². The fraction of sp³-hybridized carbons (Fsp3) is 0.500. The second kappa shape index (κ2) is 11.6. The number of carbonyl (C=O) groups is 1. The van der Waals surface area contributed by atoms with Crippen molar-refractivity contribution in [3.63, 3.8) is 0 Å². The van der Waals surface area contributed by atoms with Gasteiger partial charge in [0.1, 0.15) is 5.82 Å². The van der Waals surface area contributed by atoms with Crippen LogP contribution in [0.15, 0.2) is 27.8 Å². The van der Waals surface area contributed by atoms with Crippen LogP contribution in [0.3, 0.4) is 0 Å². The Morgan fingerprint density at radius 1 is 1.11 bits per heavy atom. The first-order valence-corrected chi connectivity index (χ1v) is 12.0. The summed E-state index contributed by atoms with van der Waals surface area (Å²) in [7, 11) is 0. The van der Waals surface area contributed by atoms with Crippen molar-refractivity contribution in [2.45, 2.75) is 78.8 Å². The van der Waals surface area contributed by atoms with Crippen molar-refractivity contribution in [1.82, 2.24) is 19.1 Å². The lowest BCUT2D eigenvalue weighted by atomic mass is 10.2. The van der Waals surface area contributed by atoms with E-state index in [2.05, 4.69) is 22.2 Å². The fourth-order valence-corrected chi connectivity index (χ4v) is 4.03. The molecule has 2 aromatic heterocycles. The average Bonchev–Trinajstić information content (AvgIpc) is 3.17. The summed E-state index contributed by atoms with van der Waals surface area (Å²) in [5, 5.41) is 13.9. The predicted octanol–water partition coefficient (Wildman–Crippen LogP) is 3.66. The molecule has 0 radical (unpaired) electrons. The van der Waals surface area contributed by atoms with E-state index in [1.54, 1.807) is 19.1 Å². The van der Waals surface area contributed by atoms with Crippen molar-refractivity contribution in [1.29, 1.82) is 0 Å². The normalized spacial score (nSPS) is 11.2. The molecule has 35 heavy (non-hydrogen) atoms. The number of benzene rings is 1. The third-order valence-corrected chi connectivity index (χ3v) is 5.95. The van der Waals surface area contributed by atoms with Crippen LogP contribution in [-0.4, -0.2) is 29.9 Å². The van der Waals surface area contributed by atoms with Gasteiger partial charge in [-0.1, -0.05) is 39.2 Å². The molecule has 0 aliphatic rings. The minimum Gasteiger partial charge on any atom is -0.326 e. The van der Waals surface area contributed by atoms with Gasteiger partial charge in [0.05, 0.1) is 4.92 Å². The number of fused-ring (bicyclic) bond motifs is 1.